The monoisotopic (exact) mass is 203 g/mol. The van der Waals surface area contributed by atoms with E-state index >= 15 is 0 Å². The molecule has 0 aliphatic heterocycles. The van der Waals surface area contributed by atoms with Crippen LogP contribution in [-0.2, 0) is 0 Å². The Bertz CT molecular complexity index is 124. The maximum absolute atomic E-state index is 4.58. The smallest absolute Gasteiger partial charge is 0.0246 e. The summed E-state index contributed by atoms with van der Waals surface area (Å²) in [6, 6.07) is 0.589. The van der Waals surface area contributed by atoms with Gasteiger partial charge in [-0.25, -0.2) is 4.31 Å². The number of rotatable bonds is 5. The Morgan fingerprint density at radius 2 is 1.31 bits per heavy atom. The lowest BCUT2D eigenvalue weighted by Crippen LogP contribution is -2.38. The molecule has 0 saturated heterocycles. The van der Waals surface area contributed by atoms with Crippen molar-refractivity contribution in [1.82, 2.24) is 4.31 Å². The van der Waals surface area contributed by atoms with Gasteiger partial charge in [-0.3, -0.25) is 0 Å². The molecule has 0 heterocycles. The Morgan fingerprint density at radius 3 is 1.54 bits per heavy atom. The van der Waals surface area contributed by atoms with Crippen LogP contribution in [0.15, 0.2) is 0 Å². The van der Waals surface area contributed by atoms with Crippen molar-refractivity contribution < 1.29 is 0 Å². The molecule has 0 atom stereocenters. The zero-order valence-electron chi connectivity index (χ0n) is 9.91. The molecule has 0 aromatic carbocycles. The average Bonchev–Trinajstić information content (AvgIpc) is 1.81. The van der Waals surface area contributed by atoms with Crippen molar-refractivity contribution in [3.05, 3.63) is 0 Å². The molecule has 0 fully saturated rings. The molecule has 80 valence electrons. The van der Waals surface area contributed by atoms with Crippen LogP contribution in [0.1, 0.15) is 41.5 Å². The first kappa shape index (κ1) is 13.3. The highest BCUT2D eigenvalue weighted by Crippen LogP contribution is 2.21. The molecule has 0 aliphatic carbocycles. The normalized spacial score (nSPS) is 12.9. The molecular formula is C11H25NS. The first-order valence-corrected chi connectivity index (χ1v) is 5.71. The van der Waals surface area contributed by atoms with Gasteiger partial charge in [0.05, 0.1) is 0 Å². The van der Waals surface area contributed by atoms with Crippen LogP contribution >= 0.6 is 12.8 Å². The quantitative estimate of drug-likeness (QED) is 0.670. The Balaban J connectivity index is 4.20. The van der Waals surface area contributed by atoms with Crippen LogP contribution in [0.5, 0.6) is 0 Å². The Hall–Kier alpha value is 0.310. The van der Waals surface area contributed by atoms with Gasteiger partial charge >= 0.3 is 0 Å². The van der Waals surface area contributed by atoms with E-state index in [0.717, 1.165) is 6.54 Å². The molecule has 1 nitrogen and oxygen atoms in total. The first-order chi connectivity index (χ1) is 5.86. The predicted molar refractivity (Wildman–Crippen MR) is 64.0 cm³/mol. The van der Waals surface area contributed by atoms with E-state index < -0.39 is 0 Å². The molecule has 0 aromatic heterocycles. The van der Waals surface area contributed by atoms with E-state index in [1.165, 1.54) is 0 Å². The molecule has 0 rings (SSSR count). The van der Waals surface area contributed by atoms with Crippen LogP contribution in [0.25, 0.3) is 0 Å². The van der Waals surface area contributed by atoms with Crippen molar-refractivity contribution in [2.24, 2.45) is 17.8 Å². The number of hydrogen-bond donors (Lipinski definition) is 1. The average molecular weight is 203 g/mol. The fourth-order valence-corrected chi connectivity index (χ4v) is 2.81. The third kappa shape index (κ3) is 4.92. The molecule has 13 heavy (non-hydrogen) atoms. The molecular weight excluding hydrogens is 178 g/mol. The fourth-order valence-electron chi connectivity index (χ4n) is 1.95. The van der Waals surface area contributed by atoms with Crippen LogP contribution in [-0.4, -0.2) is 16.9 Å². The van der Waals surface area contributed by atoms with Crippen molar-refractivity contribution in [3.8, 4) is 0 Å². The summed E-state index contributed by atoms with van der Waals surface area (Å²) in [5.74, 6) is 2.05. The van der Waals surface area contributed by atoms with Gasteiger partial charge in [0.2, 0.25) is 0 Å². The standard InChI is InChI=1S/C11H25NS/c1-8(2)7-12(13)11(9(3)4)10(5)6/h8-11,13H,7H2,1-6H3. The van der Waals surface area contributed by atoms with Gasteiger partial charge in [-0.05, 0) is 17.8 Å². The molecule has 0 radical (unpaired) electrons. The highest BCUT2D eigenvalue weighted by atomic mass is 32.1. The molecule has 0 saturated carbocycles. The maximum Gasteiger partial charge on any atom is 0.0246 e. The zero-order chi connectivity index (χ0) is 10.6. The predicted octanol–water partition coefficient (Wildman–Crippen LogP) is 3.47. The topological polar surface area (TPSA) is 3.24 Å². The zero-order valence-corrected chi connectivity index (χ0v) is 10.8. The van der Waals surface area contributed by atoms with Crippen molar-refractivity contribution in [2.45, 2.75) is 47.6 Å². The van der Waals surface area contributed by atoms with Gasteiger partial charge in [-0.15, -0.1) is 0 Å². The fraction of sp³-hybridized carbons (Fsp3) is 1.00. The van der Waals surface area contributed by atoms with Gasteiger partial charge in [0.15, 0.2) is 0 Å². The van der Waals surface area contributed by atoms with Gasteiger partial charge in [0.25, 0.3) is 0 Å². The molecule has 0 unspecified atom stereocenters. The third-order valence-electron chi connectivity index (χ3n) is 2.26. The molecule has 0 aromatic rings. The van der Waals surface area contributed by atoms with E-state index in [1.54, 1.807) is 0 Å². The molecule has 0 aliphatic rings. The van der Waals surface area contributed by atoms with Gasteiger partial charge in [-0.1, -0.05) is 54.4 Å². The number of nitrogens with zero attached hydrogens (tertiary/aromatic N) is 1. The van der Waals surface area contributed by atoms with Crippen molar-refractivity contribution in [1.29, 1.82) is 0 Å². The second-order valence-electron chi connectivity index (χ2n) is 4.99. The summed E-state index contributed by atoms with van der Waals surface area (Å²) in [5, 5.41) is 0. The van der Waals surface area contributed by atoms with Crippen LogP contribution in [0.2, 0.25) is 0 Å². The summed E-state index contributed by atoms with van der Waals surface area (Å²) in [4.78, 5) is 0. The Labute approximate surface area is 89.4 Å². The minimum atomic E-state index is 0.589. The van der Waals surface area contributed by atoms with Crippen molar-refractivity contribution >= 4 is 12.8 Å². The summed E-state index contributed by atoms with van der Waals surface area (Å²) in [6.07, 6.45) is 0. The lowest BCUT2D eigenvalue weighted by molar-refractivity contribution is 0.205. The largest absolute Gasteiger partial charge is 0.249 e. The van der Waals surface area contributed by atoms with Crippen LogP contribution in [0, 0.1) is 17.8 Å². The van der Waals surface area contributed by atoms with Crippen molar-refractivity contribution in [3.63, 3.8) is 0 Å². The second kappa shape index (κ2) is 5.92. The van der Waals surface area contributed by atoms with Gasteiger partial charge in [0, 0.05) is 12.6 Å². The van der Waals surface area contributed by atoms with Crippen LogP contribution in [0.3, 0.4) is 0 Å². The minimum absolute atomic E-state index is 0.589. The number of hydrogen-bond acceptors (Lipinski definition) is 2. The van der Waals surface area contributed by atoms with E-state index in [4.69, 9.17) is 0 Å². The van der Waals surface area contributed by atoms with Gasteiger partial charge < -0.3 is 0 Å². The highest BCUT2D eigenvalue weighted by molar-refractivity contribution is 7.77. The lowest BCUT2D eigenvalue weighted by Gasteiger charge is -2.34. The first-order valence-electron chi connectivity index (χ1n) is 5.31. The minimum Gasteiger partial charge on any atom is -0.249 e. The van der Waals surface area contributed by atoms with Gasteiger partial charge in [-0.2, -0.15) is 0 Å². The Morgan fingerprint density at radius 1 is 0.923 bits per heavy atom. The van der Waals surface area contributed by atoms with E-state index in [0.29, 0.717) is 23.8 Å². The molecule has 2 heteroatoms. The summed E-state index contributed by atoms with van der Waals surface area (Å²) in [5.41, 5.74) is 0. The number of thiol groups is 1. The lowest BCUT2D eigenvalue weighted by atomic mass is 9.93. The van der Waals surface area contributed by atoms with E-state index in [-0.39, 0.29) is 0 Å². The summed E-state index contributed by atoms with van der Waals surface area (Å²) >= 11 is 4.58. The third-order valence-corrected chi connectivity index (χ3v) is 2.69. The highest BCUT2D eigenvalue weighted by Gasteiger charge is 2.23. The molecule has 0 amide bonds. The summed E-state index contributed by atoms with van der Waals surface area (Å²) < 4.78 is 2.21. The molecule has 0 bridgehead atoms. The maximum atomic E-state index is 4.58. The summed E-state index contributed by atoms with van der Waals surface area (Å²) in [6.45, 7) is 14.6. The second-order valence-corrected chi connectivity index (χ2v) is 5.51. The van der Waals surface area contributed by atoms with Crippen LogP contribution in [0.4, 0.5) is 0 Å². The van der Waals surface area contributed by atoms with Gasteiger partial charge in [0.1, 0.15) is 0 Å². The van der Waals surface area contributed by atoms with E-state index in [1.807, 2.05) is 0 Å². The van der Waals surface area contributed by atoms with E-state index in [9.17, 15) is 0 Å². The van der Waals surface area contributed by atoms with Crippen LogP contribution < -0.4 is 0 Å². The summed E-state index contributed by atoms with van der Waals surface area (Å²) in [7, 11) is 0. The Kier molecular flexibility index (Phi) is 6.06. The molecule has 0 spiro atoms. The van der Waals surface area contributed by atoms with E-state index in [2.05, 4.69) is 58.7 Å². The van der Waals surface area contributed by atoms with Crippen molar-refractivity contribution in [2.75, 3.05) is 6.54 Å². The SMILES string of the molecule is CC(C)CN(S)C(C(C)C)C(C)C. The molecule has 0 N–H and O–H groups in total.